The van der Waals surface area contributed by atoms with E-state index in [0.29, 0.717) is 0 Å². The molecule has 0 amide bonds. The average molecular weight is 278 g/mol. The Morgan fingerprint density at radius 2 is 1.50 bits per heavy atom. The topological polar surface area (TPSA) is 127 Å². The van der Waals surface area contributed by atoms with Crippen LogP contribution in [0.1, 0.15) is 0 Å². The number of hydrogen-bond acceptors (Lipinski definition) is 6. The van der Waals surface area contributed by atoms with Gasteiger partial charge in [0.15, 0.2) is 5.75 Å². The molecule has 0 aliphatic heterocycles. The number of nitro benzene ring substituents is 2. The molecule has 8 nitrogen and oxygen atoms in total. The normalized spacial score (nSPS) is 9.20. The van der Waals surface area contributed by atoms with E-state index >= 15 is 0 Å². The Morgan fingerprint density at radius 3 is 1.90 bits per heavy atom. The van der Waals surface area contributed by atoms with E-state index in [4.69, 9.17) is 10.2 Å². The fourth-order valence-corrected chi connectivity index (χ4v) is 1.23. The van der Waals surface area contributed by atoms with Crippen LogP contribution in [0.15, 0.2) is 48.5 Å². The second-order valence-electron chi connectivity index (χ2n) is 3.52. The van der Waals surface area contributed by atoms with Crippen LogP contribution in [0, 0.1) is 20.2 Å². The highest BCUT2D eigenvalue weighted by molar-refractivity contribution is 5.44. The van der Waals surface area contributed by atoms with Crippen molar-refractivity contribution in [2.24, 2.45) is 0 Å². The minimum Gasteiger partial charge on any atom is -0.508 e. The maximum Gasteiger partial charge on any atom is 0.310 e. The van der Waals surface area contributed by atoms with Crippen LogP contribution in [-0.4, -0.2) is 20.1 Å². The van der Waals surface area contributed by atoms with E-state index in [1.54, 1.807) is 0 Å². The summed E-state index contributed by atoms with van der Waals surface area (Å²) in [4.78, 5) is 18.9. The highest BCUT2D eigenvalue weighted by Gasteiger charge is 2.09. The van der Waals surface area contributed by atoms with Gasteiger partial charge >= 0.3 is 5.69 Å². The number of benzene rings is 2. The van der Waals surface area contributed by atoms with Crippen molar-refractivity contribution in [3.63, 3.8) is 0 Å². The van der Waals surface area contributed by atoms with Gasteiger partial charge in [-0.05, 0) is 12.1 Å². The highest BCUT2D eigenvalue weighted by atomic mass is 16.6. The Labute approximate surface area is 112 Å². The molecular formula is C12H10N2O6. The molecule has 104 valence electrons. The molecule has 0 spiro atoms. The monoisotopic (exact) mass is 278 g/mol. The first-order valence-electron chi connectivity index (χ1n) is 5.27. The van der Waals surface area contributed by atoms with Crippen LogP contribution < -0.4 is 0 Å². The Kier molecular flexibility index (Phi) is 4.98. The quantitative estimate of drug-likeness (QED) is 0.642. The first kappa shape index (κ1) is 14.9. The van der Waals surface area contributed by atoms with Crippen molar-refractivity contribution in [1.29, 1.82) is 0 Å². The fourth-order valence-electron chi connectivity index (χ4n) is 1.23. The molecule has 0 unspecified atom stereocenters. The van der Waals surface area contributed by atoms with Gasteiger partial charge in [0.1, 0.15) is 5.75 Å². The molecule has 0 aliphatic rings. The number of nitro groups is 2. The first-order chi connectivity index (χ1) is 9.41. The van der Waals surface area contributed by atoms with Crippen molar-refractivity contribution in [3.05, 3.63) is 68.8 Å². The fraction of sp³-hybridized carbons (Fsp3) is 0. The van der Waals surface area contributed by atoms with Crippen LogP contribution in [0.3, 0.4) is 0 Å². The molecule has 0 saturated heterocycles. The van der Waals surface area contributed by atoms with Gasteiger partial charge in [-0.1, -0.05) is 18.2 Å². The molecular weight excluding hydrogens is 268 g/mol. The molecule has 2 aromatic carbocycles. The first-order valence-corrected chi connectivity index (χ1v) is 5.27. The molecule has 0 heterocycles. The Bertz CT molecular complexity index is 629. The lowest BCUT2D eigenvalue weighted by atomic mass is 10.3. The predicted molar refractivity (Wildman–Crippen MR) is 69.5 cm³/mol. The Morgan fingerprint density at radius 1 is 0.850 bits per heavy atom. The van der Waals surface area contributed by atoms with E-state index in [9.17, 15) is 20.2 Å². The van der Waals surface area contributed by atoms with E-state index < -0.39 is 9.85 Å². The average Bonchev–Trinajstić information content (AvgIpc) is 2.39. The third-order valence-electron chi connectivity index (χ3n) is 2.12. The van der Waals surface area contributed by atoms with Gasteiger partial charge in [0.25, 0.3) is 5.69 Å². The summed E-state index contributed by atoms with van der Waals surface area (Å²) in [7, 11) is 0. The number of rotatable bonds is 2. The van der Waals surface area contributed by atoms with Crippen molar-refractivity contribution in [2.75, 3.05) is 0 Å². The molecule has 2 aromatic rings. The minimum absolute atomic E-state index is 0.0887. The van der Waals surface area contributed by atoms with Gasteiger partial charge in [0.05, 0.1) is 15.9 Å². The third-order valence-corrected chi connectivity index (χ3v) is 2.12. The molecule has 0 fully saturated rings. The number of phenols is 2. The molecule has 0 aromatic heterocycles. The summed E-state index contributed by atoms with van der Waals surface area (Å²) in [6, 6.07) is 10.8. The summed E-state index contributed by atoms with van der Waals surface area (Å²) in [5.74, 6) is -0.387. The summed E-state index contributed by atoms with van der Waals surface area (Å²) >= 11 is 0. The molecule has 0 radical (unpaired) electrons. The molecule has 0 aliphatic carbocycles. The summed E-state index contributed by atoms with van der Waals surface area (Å²) in [6.45, 7) is 0. The van der Waals surface area contributed by atoms with Gasteiger partial charge in [0, 0.05) is 12.1 Å². The van der Waals surface area contributed by atoms with Crippen molar-refractivity contribution in [3.8, 4) is 11.5 Å². The standard InChI is InChI=1S/2C6H5NO3/c8-6-3-1-2-5(4-6)7(9)10;8-6-4-2-1-3-5(6)7(9)10/h2*1-4,8H. The predicted octanol–water partition coefficient (Wildman–Crippen LogP) is 2.60. The molecule has 20 heavy (non-hydrogen) atoms. The molecule has 0 atom stereocenters. The maximum atomic E-state index is 10.1. The van der Waals surface area contributed by atoms with Crippen LogP contribution in [0.5, 0.6) is 11.5 Å². The van der Waals surface area contributed by atoms with Crippen molar-refractivity contribution >= 4 is 11.4 Å². The van der Waals surface area contributed by atoms with E-state index in [1.165, 1.54) is 42.5 Å². The highest BCUT2D eigenvalue weighted by Crippen LogP contribution is 2.23. The molecule has 2 N–H and O–H groups in total. The number of aromatic hydroxyl groups is 2. The Hall–Kier alpha value is -3.16. The van der Waals surface area contributed by atoms with Gasteiger partial charge in [-0.25, -0.2) is 0 Å². The largest absolute Gasteiger partial charge is 0.508 e. The lowest BCUT2D eigenvalue weighted by Gasteiger charge is -1.91. The maximum absolute atomic E-state index is 10.1. The smallest absolute Gasteiger partial charge is 0.310 e. The second kappa shape index (κ2) is 6.69. The zero-order valence-electron chi connectivity index (χ0n) is 10.0. The zero-order valence-corrected chi connectivity index (χ0v) is 10.0. The van der Waals surface area contributed by atoms with E-state index in [-0.39, 0.29) is 22.9 Å². The Balaban J connectivity index is 0.000000200. The van der Waals surface area contributed by atoms with Crippen LogP contribution >= 0.6 is 0 Å². The van der Waals surface area contributed by atoms with Crippen LogP contribution in [-0.2, 0) is 0 Å². The van der Waals surface area contributed by atoms with Crippen molar-refractivity contribution in [1.82, 2.24) is 0 Å². The van der Waals surface area contributed by atoms with E-state index in [1.807, 2.05) is 0 Å². The molecule has 0 bridgehead atoms. The van der Waals surface area contributed by atoms with E-state index in [2.05, 4.69) is 0 Å². The SMILES string of the molecule is O=[N+]([O-])c1cccc(O)c1.O=[N+]([O-])c1ccccc1O. The van der Waals surface area contributed by atoms with Gasteiger partial charge in [-0.15, -0.1) is 0 Å². The van der Waals surface area contributed by atoms with Crippen LogP contribution in [0.4, 0.5) is 11.4 Å². The van der Waals surface area contributed by atoms with Crippen molar-refractivity contribution in [2.45, 2.75) is 0 Å². The van der Waals surface area contributed by atoms with Crippen molar-refractivity contribution < 1.29 is 20.1 Å². The number of hydrogen-bond donors (Lipinski definition) is 2. The minimum atomic E-state index is -0.630. The summed E-state index contributed by atoms with van der Waals surface area (Å²) in [5, 5.41) is 37.7. The van der Waals surface area contributed by atoms with Crippen LogP contribution in [0.2, 0.25) is 0 Å². The van der Waals surface area contributed by atoms with Gasteiger partial charge in [-0.3, -0.25) is 20.2 Å². The van der Waals surface area contributed by atoms with Gasteiger partial charge in [-0.2, -0.15) is 0 Å². The zero-order chi connectivity index (χ0) is 15.1. The summed E-state index contributed by atoms with van der Waals surface area (Å²) in [6.07, 6.45) is 0. The van der Waals surface area contributed by atoms with Crippen LogP contribution in [0.25, 0.3) is 0 Å². The third kappa shape index (κ3) is 4.26. The number of para-hydroxylation sites is 2. The number of non-ortho nitro benzene ring substituents is 1. The van der Waals surface area contributed by atoms with Gasteiger partial charge in [0.2, 0.25) is 0 Å². The lowest BCUT2D eigenvalue weighted by Crippen LogP contribution is -1.86. The molecule has 2 rings (SSSR count). The number of nitrogens with zero attached hydrogens (tertiary/aromatic N) is 2. The number of phenolic OH excluding ortho intramolecular Hbond substituents is 2. The second-order valence-corrected chi connectivity index (χ2v) is 3.52. The lowest BCUT2D eigenvalue weighted by molar-refractivity contribution is -0.385. The molecule has 0 saturated carbocycles. The summed E-state index contributed by atoms with van der Waals surface area (Å²) in [5.41, 5.74) is -0.359. The molecule has 8 heteroatoms. The summed E-state index contributed by atoms with van der Waals surface area (Å²) < 4.78 is 0. The van der Waals surface area contributed by atoms with E-state index in [0.717, 1.165) is 6.07 Å². The van der Waals surface area contributed by atoms with Gasteiger partial charge < -0.3 is 10.2 Å².